The van der Waals surface area contributed by atoms with Crippen molar-refractivity contribution in [3.8, 4) is 5.75 Å². The van der Waals surface area contributed by atoms with Gasteiger partial charge in [0.2, 0.25) is 0 Å². The number of hydrogen-bond donors (Lipinski definition) is 0. The summed E-state index contributed by atoms with van der Waals surface area (Å²) in [6.07, 6.45) is 10.9. The van der Waals surface area contributed by atoms with Gasteiger partial charge < -0.3 is 18.8 Å². The molecule has 148 valence electrons. The third kappa shape index (κ3) is 4.90. The van der Waals surface area contributed by atoms with Crippen molar-refractivity contribution in [1.29, 1.82) is 0 Å². The Morgan fingerprint density at radius 1 is 1.07 bits per heavy atom. The van der Waals surface area contributed by atoms with Gasteiger partial charge in [0.05, 0.1) is 33.2 Å². The summed E-state index contributed by atoms with van der Waals surface area (Å²) in [6, 6.07) is 8.14. The van der Waals surface area contributed by atoms with Crippen molar-refractivity contribution in [1.82, 2.24) is 9.55 Å². The van der Waals surface area contributed by atoms with Crippen LogP contribution in [0.4, 0.5) is 0 Å². The van der Waals surface area contributed by atoms with Crippen LogP contribution in [0.15, 0.2) is 43.0 Å². The van der Waals surface area contributed by atoms with Crippen molar-refractivity contribution in [2.24, 2.45) is 5.41 Å². The van der Waals surface area contributed by atoms with Gasteiger partial charge in [0.15, 0.2) is 5.79 Å². The van der Waals surface area contributed by atoms with E-state index in [0.717, 1.165) is 44.6 Å². The van der Waals surface area contributed by atoms with Crippen LogP contribution in [0.1, 0.15) is 45.1 Å². The molecular formula is C22H32N2O3. The third-order valence-electron chi connectivity index (χ3n) is 5.46. The predicted octanol–water partition coefficient (Wildman–Crippen LogP) is 4.46. The van der Waals surface area contributed by atoms with Crippen LogP contribution in [0, 0.1) is 5.41 Å². The highest BCUT2D eigenvalue weighted by atomic mass is 16.7. The maximum absolute atomic E-state index is 6.52. The van der Waals surface area contributed by atoms with Crippen LogP contribution in [-0.2, 0) is 22.4 Å². The topological polar surface area (TPSA) is 45.5 Å². The fraction of sp³-hybridized carbons (Fsp3) is 0.591. The molecule has 1 aromatic heterocycles. The molecule has 1 saturated heterocycles. The van der Waals surface area contributed by atoms with Gasteiger partial charge >= 0.3 is 0 Å². The second kappa shape index (κ2) is 8.89. The van der Waals surface area contributed by atoms with Gasteiger partial charge in [0.1, 0.15) is 5.75 Å². The van der Waals surface area contributed by atoms with Crippen LogP contribution in [0.3, 0.4) is 0 Å². The van der Waals surface area contributed by atoms with E-state index >= 15 is 0 Å². The molecule has 1 fully saturated rings. The monoisotopic (exact) mass is 372 g/mol. The van der Waals surface area contributed by atoms with E-state index in [9.17, 15) is 0 Å². The van der Waals surface area contributed by atoms with Crippen molar-refractivity contribution in [2.45, 2.75) is 58.3 Å². The summed E-state index contributed by atoms with van der Waals surface area (Å²) in [7, 11) is 1.68. The molecule has 5 heteroatoms. The molecule has 2 aromatic rings. The first-order valence-electron chi connectivity index (χ1n) is 9.99. The van der Waals surface area contributed by atoms with Gasteiger partial charge in [0.25, 0.3) is 0 Å². The van der Waals surface area contributed by atoms with Crippen LogP contribution in [-0.4, -0.2) is 35.7 Å². The second-order valence-corrected chi connectivity index (χ2v) is 7.75. The number of aromatic nitrogens is 2. The molecule has 0 unspecified atom stereocenters. The highest BCUT2D eigenvalue weighted by Crippen LogP contribution is 2.39. The molecule has 27 heavy (non-hydrogen) atoms. The van der Waals surface area contributed by atoms with E-state index in [-0.39, 0.29) is 5.41 Å². The van der Waals surface area contributed by atoms with E-state index in [0.29, 0.717) is 13.0 Å². The molecule has 0 spiro atoms. The normalized spacial score (nSPS) is 18.3. The second-order valence-electron chi connectivity index (χ2n) is 7.75. The minimum Gasteiger partial charge on any atom is -0.497 e. The highest BCUT2D eigenvalue weighted by molar-refractivity contribution is 5.28. The Hall–Kier alpha value is -1.85. The molecule has 0 bridgehead atoms. The molecule has 0 amide bonds. The summed E-state index contributed by atoms with van der Waals surface area (Å²) < 4.78 is 20.4. The predicted molar refractivity (Wildman–Crippen MR) is 106 cm³/mol. The molecule has 5 nitrogen and oxygen atoms in total. The Morgan fingerprint density at radius 2 is 1.74 bits per heavy atom. The van der Waals surface area contributed by atoms with Crippen molar-refractivity contribution in [2.75, 3.05) is 20.3 Å². The Morgan fingerprint density at radius 3 is 2.26 bits per heavy atom. The van der Waals surface area contributed by atoms with E-state index in [4.69, 9.17) is 14.2 Å². The lowest BCUT2D eigenvalue weighted by Crippen LogP contribution is -2.53. The summed E-state index contributed by atoms with van der Waals surface area (Å²) in [6.45, 7) is 6.61. The minimum atomic E-state index is -0.666. The van der Waals surface area contributed by atoms with Gasteiger partial charge in [-0.1, -0.05) is 38.8 Å². The van der Waals surface area contributed by atoms with Crippen molar-refractivity contribution < 1.29 is 14.2 Å². The first-order chi connectivity index (χ1) is 13.1. The number of imidazole rings is 1. The first-order valence-corrected chi connectivity index (χ1v) is 9.99. The molecule has 3 rings (SSSR count). The molecular weight excluding hydrogens is 340 g/mol. The summed E-state index contributed by atoms with van der Waals surface area (Å²) in [5, 5.41) is 0. The number of benzene rings is 1. The van der Waals surface area contributed by atoms with E-state index < -0.39 is 5.79 Å². The molecule has 2 heterocycles. The molecule has 0 aliphatic carbocycles. The highest BCUT2D eigenvalue weighted by Gasteiger charge is 2.44. The zero-order valence-corrected chi connectivity index (χ0v) is 16.8. The fourth-order valence-electron chi connectivity index (χ4n) is 4.09. The van der Waals surface area contributed by atoms with Gasteiger partial charge in [-0.15, -0.1) is 0 Å². The lowest BCUT2D eigenvalue weighted by molar-refractivity contribution is -0.311. The number of hydrogen-bond acceptors (Lipinski definition) is 4. The van der Waals surface area contributed by atoms with Crippen molar-refractivity contribution in [3.63, 3.8) is 0 Å². The smallest absolute Gasteiger partial charge is 0.190 e. The molecule has 1 aromatic carbocycles. The maximum Gasteiger partial charge on any atom is 0.190 e. The minimum absolute atomic E-state index is 0.141. The zero-order chi connectivity index (χ0) is 19.2. The molecule has 0 radical (unpaired) electrons. The van der Waals surface area contributed by atoms with E-state index in [2.05, 4.69) is 31.0 Å². The maximum atomic E-state index is 6.52. The summed E-state index contributed by atoms with van der Waals surface area (Å²) in [5.41, 5.74) is 1.32. The quantitative estimate of drug-likeness (QED) is 0.652. The van der Waals surface area contributed by atoms with E-state index in [1.165, 1.54) is 5.56 Å². The molecule has 0 saturated carbocycles. The third-order valence-corrected chi connectivity index (χ3v) is 5.46. The van der Waals surface area contributed by atoms with Crippen molar-refractivity contribution >= 4 is 0 Å². The van der Waals surface area contributed by atoms with Gasteiger partial charge in [-0.2, -0.15) is 0 Å². The van der Waals surface area contributed by atoms with Crippen LogP contribution >= 0.6 is 0 Å². The standard InChI is InChI=1S/C22H32N2O3/c1-4-10-21(11-5-2)16-26-22(27-17-21,15-24-13-12-23-18-24)14-19-6-8-20(25-3)9-7-19/h6-9,12-13,18H,4-5,10-11,14-17H2,1-3H3. The number of ether oxygens (including phenoxy) is 3. The molecule has 1 aliphatic rings. The van der Waals surface area contributed by atoms with Gasteiger partial charge in [-0.25, -0.2) is 4.98 Å². The Kier molecular flexibility index (Phi) is 6.55. The Bertz CT molecular complexity index is 666. The Balaban J connectivity index is 1.79. The average Bonchev–Trinajstić information content (AvgIpc) is 3.18. The van der Waals surface area contributed by atoms with Crippen LogP contribution in [0.2, 0.25) is 0 Å². The number of nitrogens with zero attached hydrogens (tertiary/aromatic N) is 2. The Labute approximate surface area is 162 Å². The first kappa shape index (κ1) is 19.9. The zero-order valence-electron chi connectivity index (χ0n) is 16.8. The lowest BCUT2D eigenvalue weighted by Gasteiger charge is -2.46. The van der Waals surface area contributed by atoms with Crippen LogP contribution in [0.25, 0.3) is 0 Å². The summed E-state index contributed by atoms with van der Waals surface area (Å²) >= 11 is 0. The van der Waals surface area contributed by atoms with Crippen LogP contribution in [0.5, 0.6) is 5.75 Å². The summed E-state index contributed by atoms with van der Waals surface area (Å²) in [5.74, 6) is 0.193. The van der Waals surface area contributed by atoms with Gasteiger partial charge in [-0.05, 0) is 30.5 Å². The average molecular weight is 373 g/mol. The van der Waals surface area contributed by atoms with E-state index in [1.807, 2.05) is 29.2 Å². The molecule has 0 atom stereocenters. The van der Waals surface area contributed by atoms with E-state index in [1.54, 1.807) is 13.3 Å². The van der Waals surface area contributed by atoms with Crippen LogP contribution < -0.4 is 4.74 Å². The fourth-order valence-corrected chi connectivity index (χ4v) is 4.09. The molecule has 1 aliphatic heterocycles. The largest absolute Gasteiger partial charge is 0.497 e. The van der Waals surface area contributed by atoms with Gasteiger partial charge in [-0.3, -0.25) is 0 Å². The lowest BCUT2D eigenvalue weighted by atomic mass is 9.79. The number of methoxy groups -OCH3 is 1. The SMILES string of the molecule is CCCC1(CCC)COC(Cc2ccc(OC)cc2)(Cn2ccnc2)OC1. The summed E-state index contributed by atoms with van der Waals surface area (Å²) in [4.78, 5) is 4.17. The molecule has 0 N–H and O–H groups in total. The van der Waals surface area contributed by atoms with Crippen molar-refractivity contribution in [3.05, 3.63) is 48.5 Å². The van der Waals surface area contributed by atoms with Gasteiger partial charge in [0, 0.05) is 24.2 Å². The number of rotatable bonds is 9.